The van der Waals surface area contributed by atoms with E-state index in [1.54, 1.807) is 0 Å². The second-order valence-electron chi connectivity index (χ2n) is 3.61. The van der Waals surface area contributed by atoms with Gasteiger partial charge in [0.15, 0.2) is 11.6 Å². The minimum absolute atomic E-state index is 0.0782. The van der Waals surface area contributed by atoms with Gasteiger partial charge in [0.1, 0.15) is 11.0 Å². The molecule has 10 heteroatoms. The number of hydrogen-bond donors (Lipinski definition) is 2. The fourth-order valence-electron chi connectivity index (χ4n) is 1.54. The fourth-order valence-corrected chi connectivity index (χ4v) is 2.07. The van der Waals surface area contributed by atoms with Gasteiger partial charge in [-0.2, -0.15) is 9.97 Å². The Morgan fingerprint density at radius 2 is 1.10 bits per heavy atom. The summed E-state index contributed by atoms with van der Waals surface area (Å²) in [5, 5.41) is 6.19. The highest BCUT2D eigenvalue weighted by Crippen LogP contribution is 2.26. The van der Waals surface area contributed by atoms with Gasteiger partial charge in [-0.25, -0.2) is 9.97 Å². The van der Waals surface area contributed by atoms with E-state index in [1.807, 2.05) is 0 Å². The van der Waals surface area contributed by atoms with Crippen LogP contribution in [0.15, 0.2) is 0 Å². The van der Waals surface area contributed by atoms with Crippen LogP contribution in [0.25, 0.3) is 11.0 Å². The highest BCUT2D eigenvalue weighted by atomic mass is 35.5. The van der Waals surface area contributed by atoms with Gasteiger partial charge in [0.2, 0.25) is 10.6 Å². The lowest BCUT2D eigenvalue weighted by Crippen LogP contribution is -2.10. The van der Waals surface area contributed by atoms with Crippen molar-refractivity contribution in [3.8, 4) is 0 Å². The van der Waals surface area contributed by atoms with Crippen LogP contribution in [0.2, 0.25) is 10.6 Å². The minimum atomic E-state index is 0.0782. The molecule has 2 heterocycles. The van der Waals surface area contributed by atoms with Crippen molar-refractivity contribution < 1.29 is 0 Å². The molecule has 108 valence electrons. The molecular weight excluding hydrogens is 346 g/mol. The van der Waals surface area contributed by atoms with Gasteiger partial charge in [-0.3, -0.25) is 0 Å². The summed E-state index contributed by atoms with van der Waals surface area (Å²) in [7, 11) is 0. The maximum Gasteiger partial charge on any atom is 0.225 e. The number of anilines is 2. The van der Waals surface area contributed by atoms with Crippen molar-refractivity contribution in [2.24, 2.45) is 0 Å². The Labute approximate surface area is 135 Å². The van der Waals surface area contributed by atoms with Crippen LogP contribution in [-0.4, -0.2) is 44.8 Å². The van der Waals surface area contributed by atoms with E-state index >= 15 is 0 Å². The minimum Gasteiger partial charge on any atom is -0.367 e. The molecule has 0 unspecified atom stereocenters. The highest BCUT2D eigenvalue weighted by Gasteiger charge is 2.14. The van der Waals surface area contributed by atoms with Crippen molar-refractivity contribution in [3.63, 3.8) is 0 Å². The molecule has 2 aromatic rings. The maximum atomic E-state index is 5.91. The average molecular weight is 356 g/mol. The first kappa shape index (κ1) is 15.6. The molecule has 0 fully saturated rings. The number of halogens is 4. The number of hydrogen-bond acceptors (Lipinski definition) is 6. The largest absolute Gasteiger partial charge is 0.367 e. The van der Waals surface area contributed by atoms with Gasteiger partial charge >= 0.3 is 0 Å². The van der Waals surface area contributed by atoms with Crippen LogP contribution in [-0.2, 0) is 0 Å². The summed E-state index contributed by atoms with van der Waals surface area (Å²) in [4.78, 5) is 16.4. The molecular formula is C10H10Cl4N6. The normalized spacial score (nSPS) is 10.8. The van der Waals surface area contributed by atoms with Crippen molar-refractivity contribution in [2.75, 3.05) is 35.5 Å². The molecule has 0 aromatic carbocycles. The zero-order chi connectivity index (χ0) is 14.5. The van der Waals surface area contributed by atoms with E-state index in [0.717, 1.165) is 0 Å². The second kappa shape index (κ2) is 7.26. The Bertz CT molecular complexity index is 555. The zero-order valence-electron chi connectivity index (χ0n) is 10.1. The Morgan fingerprint density at radius 1 is 0.700 bits per heavy atom. The molecule has 2 rings (SSSR count). The zero-order valence-corrected chi connectivity index (χ0v) is 13.2. The van der Waals surface area contributed by atoms with Crippen molar-refractivity contribution in [3.05, 3.63) is 10.6 Å². The SMILES string of the molecule is ClCCNc1nc(Cl)nc2c(NCCCl)nc(Cl)nc12. The van der Waals surface area contributed by atoms with Crippen LogP contribution >= 0.6 is 46.4 Å². The summed E-state index contributed by atoms with van der Waals surface area (Å²) in [5.41, 5.74) is 0.938. The maximum absolute atomic E-state index is 5.91. The van der Waals surface area contributed by atoms with Gasteiger partial charge < -0.3 is 10.6 Å². The third-order valence-corrected chi connectivity index (χ3v) is 2.98. The van der Waals surface area contributed by atoms with E-state index < -0.39 is 0 Å². The Hall–Kier alpha value is -0.820. The Morgan fingerprint density at radius 3 is 1.45 bits per heavy atom. The molecule has 0 amide bonds. The first-order valence-electron chi connectivity index (χ1n) is 5.66. The van der Waals surface area contributed by atoms with Gasteiger partial charge in [0, 0.05) is 24.8 Å². The van der Waals surface area contributed by atoms with Crippen molar-refractivity contribution >= 4 is 69.1 Å². The highest BCUT2D eigenvalue weighted by molar-refractivity contribution is 6.30. The number of rotatable bonds is 6. The van der Waals surface area contributed by atoms with Gasteiger partial charge in [-0.15, -0.1) is 23.2 Å². The number of fused-ring (bicyclic) bond motifs is 1. The van der Waals surface area contributed by atoms with Crippen LogP contribution in [0.5, 0.6) is 0 Å². The molecule has 0 aliphatic carbocycles. The van der Waals surface area contributed by atoms with Crippen LogP contribution in [0.4, 0.5) is 11.6 Å². The van der Waals surface area contributed by atoms with Crippen molar-refractivity contribution in [1.82, 2.24) is 19.9 Å². The van der Waals surface area contributed by atoms with Gasteiger partial charge in [0.05, 0.1) is 0 Å². The number of nitrogens with zero attached hydrogens (tertiary/aromatic N) is 4. The van der Waals surface area contributed by atoms with Gasteiger partial charge in [-0.1, -0.05) is 0 Å². The quantitative estimate of drug-likeness (QED) is 0.612. The standard InChI is InChI=1S/C10H10Cl4N6/c11-1-3-15-7-5-6(18-9(13)19-7)8(16-4-2-12)20-10(14)17-5/h1-4H2,(H,15,18,19)(H,16,17,20). The topological polar surface area (TPSA) is 75.6 Å². The molecule has 0 radical (unpaired) electrons. The monoisotopic (exact) mass is 354 g/mol. The Balaban J connectivity index is 2.55. The average Bonchev–Trinajstić information content (AvgIpc) is 2.43. The Kier molecular flexibility index (Phi) is 5.65. The molecule has 0 aliphatic heterocycles. The lowest BCUT2D eigenvalue weighted by atomic mass is 10.3. The summed E-state index contributed by atoms with van der Waals surface area (Å²) in [5.74, 6) is 1.75. The molecule has 0 aliphatic rings. The van der Waals surface area contributed by atoms with Crippen LogP contribution in [0, 0.1) is 0 Å². The van der Waals surface area contributed by atoms with Gasteiger partial charge in [-0.05, 0) is 23.2 Å². The number of aromatic nitrogens is 4. The smallest absolute Gasteiger partial charge is 0.225 e. The van der Waals surface area contributed by atoms with Crippen LogP contribution in [0.3, 0.4) is 0 Å². The number of nitrogens with one attached hydrogen (secondary N) is 2. The molecule has 0 spiro atoms. The summed E-state index contributed by atoms with van der Waals surface area (Å²) >= 11 is 23.1. The molecule has 0 atom stereocenters. The van der Waals surface area contributed by atoms with Crippen LogP contribution in [0.1, 0.15) is 0 Å². The van der Waals surface area contributed by atoms with Crippen molar-refractivity contribution in [1.29, 1.82) is 0 Å². The third kappa shape index (κ3) is 3.63. The van der Waals surface area contributed by atoms with E-state index in [-0.39, 0.29) is 10.6 Å². The van der Waals surface area contributed by atoms with Gasteiger partial charge in [0.25, 0.3) is 0 Å². The summed E-state index contributed by atoms with van der Waals surface area (Å²) in [6.45, 7) is 1.02. The van der Waals surface area contributed by atoms with E-state index in [2.05, 4.69) is 30.6 Å². The molecule has 2 N–H and O–H groups in total. The lowest BCUT2D eigenvalue weighted by molar-refractivity contribution is 1.09. The van der Waals surface area contributed by atoms with E-state index in [1.165, 1.54) is 0 Å². The predicted molar refractivity (Wildman–Crippen MR) is 83.6 cm³/mol. The summed E-state index contributed by atoms with van der Waals surface area (Å²) in [6, 6.07) is 0. The second-order valence-corrected chi connectivity index (χ2v) is 5.04. The molecule has 20 heavy (non-hydrogen) atoms. The molecule has 0 saturated carbocycles. The first-order valence-corrected chi connectivity index (χ1v) is 7.48. The lowest BCUT2D eigenvalue weighted by Gasteiger charge is -2.10. The molecule has 0 bridgehead atoms. The van der Waals surface area contributed by atoms with Crippen LogP contribution < -0.4 is 10.6 Å². The predicted octanol–water partition coefficient (Wildman–Crippen LogP) is 3.03. The van der Waals surface area contributed by atoms with E-state index in [9.17, 15) is 0 Å². The number of alkyl halides is 2. The fraction of sp³-hybridized carbons (Fsp3) is 0.400. The molecule has 6 nitrogen and oxygen atoms in total. The van der Waals surface area contributed by atoms with E-state index in [0.29, 0.717) is 47.5 Å². The third-order valence-electron chi connectivity index (χ3n) is 2.26. The summed E-state index contributed by atoms with van der Waals surface area (Å²) < 4.78 is 0. The molecule has 0 saturated heterocycles. The summed E-state index contributed by atoms with van der Waals surface area (Å²) in [6.07, 6.45) is 0. The van der Waals surface area contributed by atoms with E-state index in [4.69, 9.17) is 46.4 Å². The first-order chi connectivity index (χ1) is 9.65. The molecule has 2 aromatic heterocycles. The van der Waals surface area contributed by atoms with Crippen molar-refractivity contribution in [2.45, 2.75) is 0 Å².